The Hall–Kier alpha value is -2.24. The van der Waals surface area contributed by atoms with Crippen LogP contribution in [0.5, 0.6) is 0 Å². The van der Waals surface area contributed by atoms with E-state index in [1.54, 1.807) is 12.1 Å². The average Bonchev–Trinajstić information content (AvgIpc) is 2.70. The van der Waals surface area contributed by atoms with E-state index in [0.29, 0.717) is 6.54 Å². The number of hydrogen-bond donors (Lipinski definition) is 1. The molecule has 0 aliphatic heterocycles. The number of carbonyl (C=O) groups is 1. The van der Waals surface area contributed by atoms with E-state index in [-0.39, 0.29) is 11.6 Å². The van der Waals surface area contributed by atoms with E-state index in [9.17, 15) is 9.18 Å². The van der Waals surface area contributed by atoms with Crippen LogP contribution in [0.15, 0.2) is 30.6 Å². The number of carboxylic acid groups (broad SMARTS) is 1. The molecule has 0 aliphatic carbocycles. The Balaban J connectivity index is 2.14. The van der Waals surface area contributed by atoms with Gasteiger partial charge in [-0.2, -0.15) is 0 Å². The summed E-state index contributed by atoms with van der Waals surface area (Å²) in [5, 5.41) is 12.4. The number of benzene rings is 1. The molecular formula is C10H8FN3O2. The van der Waals surface area contributed by atoms with Crippen LogP contribution in [0.2, 0.25) is 0 Å². The Kier molecular flexibility index (Phi) is 2.63. The fourth-order valence-electron chi connectivity index (χ4n) is 1.25. The highest BCUT2D eigenvalue weighted by Gasteiger charge is 2.08. The van der Waals surface area contributed by atoms with Gasteiger partial charge in [-0.15, -0.1) is 5.10 Å². The van der Waals surface area contributed by atoms with Gasteiger partial charge in [0, 0.05) is 0 Å². The lowest BCUT2D eigenvalue weighted by Crippen LogP contribution is -2.04. The summed E-state index contributed by atoms with van der Waals surface area (Å²) in [5.74, 6) is -1.73. The third-order valence-corrected chi connectivity index (χ3v) is 1.99. The molecule has 0 amide bonds. The largest absolute Gasteiger partial charge is 0.475 e. The average molecular weight is 221 g/mol. The van der Waals surface area contributed by atoms with Crippen LogP contribution >= 0.6 is 0 Å². The SMILES string of the molecule is O=C(O)c1ncn(Cc2ccc(F)cc2)n1. The predicted molar refractivity (Wildman–Crippen MR) is 52.5 cm³/mol. The van der Waals surface area contributed by atoms with Crippen LogP contribution in [-0.4, -0.2) is 25.8 Å². The number of hydrogen-bond acceptors (Lipinski definition) is 3. The normalized spacial score (nSPS) is 10.3. The second-order valence-corrected chi connectivity index (χ2v) is 3.20. The van der Waals surface area contributed by atoms with Crippen molar-refractivity contribution in [3.8, 4) is 0 Å². The van der Waals surface area contributed by atoms with Crippen molar-refractivity contribution in [2.75, 3.05) is 0 Å². The number of nitrogens with zero attached hydrogens (tertiary/aromatic N) is 3. The van der Waals surface area contributed by atoms with Crippen molar-refractivity contribution in [3.05, 3.63) is 47.8 Å². The Morgan fingerprint density at radius 3 is 2.62 bits per heavy atom. The Labute approximate surface area is 90.2 Å². The van der Waals surface area contributed by atoms with E-state index in [4.69, 9.17) is 5.11 Å². The first-order chi connectivity index (χ1) is 7.65. The van der Waals surface area contributed by atoms with Crippen LogP contribution in [0, 0.1) is 5.82 Å². The first kappa shape index (κ1) is 10.3. The maximum absolute atomic E-state index is 12.6. The van der Waals surface area contributed by atoms with Crippen LogP contribution in [-0.2, 0) is 6.54 Å². The van der Waals surface area contributed by atoms with E-state index in [1.807, 2.05) is 0 Å². The summed E-state index contributed by atoms with van der Waals surface area (Å²) in [4.78, 5) is 14.1. The molecule has 0 fully saturated rings. The fraction of sp³-hybridized carbons (Fsp3) is 0.100. The zero-order valence-electron chi connectivity index (χ0n) is 8.17. The van der Waals surface area contributed by atoms with Gasteiger partial charge in [0.2, 0.25) is 0 Å². The molecule has 0 aliphatic rings. The molecule has 0 unspecified atom stereocenters. The lowest BCUT2D eigenvalue weighted by molar-refractivity contribution is 0.0683. The van der Waals surface area contributed by atoms with E-state index in [0.717, 1.165) is 5.56 Å². The minimum atomic E-state index is -1.17. The van der Waals surface area contributed by atoms with E-state index in [1.165, 1.54) is 23.1 Å². The molecule has 16 heavy (non-hydrogen) atoms. The third-order valence-electron chi connectivity index (χ3n) is 1.99. The maximum atomic E-state index is 12.6. The second-order valence-electron chi connectivity index (χ2n) is 3.20. The van der Waals surface area contributed by atoms with Gasteiger partial charge in [-0.25, -0.2) is 18.9 Å². The third kappa shape index (κ3) is 2.22. The zero-order chi connectivity index (χ0) is 11.5. The molecule has 82 valence electrons. The van der Waals surface area contributed by atoms with Gasteiger partial charge in [0.1, 0.15) is 12.1 Å². The summed E-state index contributed by atoms with van der Waals surface area (Å²) >= 11 is 0. The first-order valence-electron chi connectivity index (χ1n) is 4.52. The highest BCUT2D eigenvalue weighted by molar-refractivity contribution is 5.82. The maximum Gasteiger partial charge on any atom is 0.375 e. The highest BCUT2D eigenvalue weighted by Crippen LogP contribution is 2.04. The van der Waals surface area contributed by atoms with Crippen molar-refractivity contribution < 1.29 is 14.3 Å². The van der Waals surface area contributed by atoms with E-state index in [2.05, 4.69) is 10.1 Å². The minimum absolute atomic E-state index is 0.248. The van der Waals surface area contributed by atoms with Gasteiger partial charge < -0.3 is 5.11 Å². The predicted octanol–water partition coefficient (Wildman–Crippen LogP) is 1.16. The lowest BCUT2D eigenvalue weighted by Gasteiger charge is -2.00. The molecule has 1 aromatic heterocycles. The zero-order valence-corrected chi connectivity index (χ0v) is 8.17. The number of aromatic carboxylic acids is 1. The molecule has 0 radical (unpaired) electrons. The molecule has 0 spiro atoms. The molecule has 6 heteroatoms. The van der Waals surface area contributed by atoms with E-state index < -0.39 is 5.97 Å². The minimum Gasteiger partial charge on any atom is -0.475 e. The summed E-state index contributed by atoms with van der Waals surface area (Å²) in [6.07, 6.45) is 1.33. The molecule has 2 rings (SSSR count). The monoisotopic (exact) mass is 221 g/mol. The summed E-state index contributed by atoms with van der Waals surface area (Å²) in [5.41, 5.74) is 0.822. The summed E-state index contributed by atoms with van der Waals surface area (Å²) in [7, 11) is 0. The molecule has 0 saturated heterocycles. The number of aromatic nitrogens is 3. The van der Waals surface area contributed by atoms with Crippen molar-refractivity contribution in [1.82, 2.24) is 14.8 Å². The molecule has 1 heterocycles. The van der Waals surface area contributed by atoms with Crippen LogP contribution in [0.1, 0.15) is 16.2 Å². The van der Waals surface area contributed by atoms with Gasteiger partial charge in [0.15, 0.2) is 0 Å². The molecule has 5 nitrogen and oxygen atoms in total. The lowest BCUT2D eigenvalue weighted by atomic mass is 10.2. The van der Waals surface area contributed by atoms with Crippen LogP contribution in [0.25, 0.3) is 0 Å². The van der Waals surface area contributed by atoms with Crippen molar-refractivity contribution in [1.29, 1.82) is 0 Å². The summed E-state index contributed by atoms with van der Waals surface area (Å²) < 4.78 is 14.0. The second kappa shape index (κ2) is 4.09. The molecule has 0 saturated carbocycles. The van der Waals surface area contributed by atoms with Gasteiger partial charge in [0.05, 0.1) is 6.54 Å². The molecule has 0 atom stereocenters. The van der Waals surface area contributed by atoms with Crippen molar-refractivity contribution >= 4 is 5.97 Å². The van der Waals surface area contributed by atoms with Crippen LogP contribution in [0.4, 0.5) is 4.39 Å². The van der Waals surface area contributed by atoms with Crippen molar-refractivity contribution in [2.24, 2.45) is 0 Å². The molecule has 2 aromatic rings. The highest BCUT2D eigenvalue weighted by atomic mass is 19.1. The Morgan fingerprint density at radius 1 is 1.38 bits per heavy atom. The topological polar surface area (TPSA) is 68.0 Å². The van der Waals surface area contributed by atoms with Gasteiger partial charge in [0.25, 0.3) is 5.82 Å². The van der Waals surface area contributed by atoms with Gasteiger partial charge in [-0.05, 0) is 17.7 Å². The van der Waals surface area contributed by atoms with Crippen molar-refractivity contribution in [2.45, 2.75) is 6.54 Å². The molecular weight excluding hydrogens is 213 g/mol. The summed E-state index contributed by atoms with van der Waals surface area (Å²) in [6.45, 7) is 0.362. The first-order valence-corrected chi connectivity index (χ1v) is 4.52. The van der Waals surface area contributed by atoms with Crippen LogP contribution < -0.4 is 0 Å². The molecule has 1 N–H and O–H groups in total. The van der Waals surface area contributed by atoms with Crippen molar-refractivity contribution in [3.63, 3.8) is 0 Å². The number of carboxylic acids is 1. The number of rotatable bonds is 3. The van der Waals surface area contributed by atoms with Gasteiger partial charge in [-0.3, -0.25) is 0 Å². The van der Waals surface area contributed by atoms with Crippen LogP contribution in [0.3, 0.4) is 0 Å². The Morgan fingerprint density at radius 2 is 2.06 bits per heavy atom. The summed E-state index contributed by atoms with van der Waals surface area (Å²) in [6, 6.07) is 5.89. The Bertz CT molecular complexity index is 507. The molecule has 0 bridgehead atoms. The standard InChI is InChI=1S/C10H8FN3O2/c11-8-3-1-7(2-4-8)5-14-6-12-9(13-14)10(15)16/h1-4,6H,5H2,(H,15,16). The fourth-order valence-corrected chi connectivity index (χ4v) is 1.25. The quantitative estimate of drug-likeness (QED) is 0.844. The number of halogens is 1. The van der Waals surface area contributed by atoms with Gasteiger partial charge >= 0.3 is 5.97 Å². The molecule has 1 aromatic carbocycles. The van der Waals surface area contributed by atoms with Gasteiger partial charge in [-0.1, -0.05) is 12.1 Å². The van der Waals surface area contributed by atoms with E-state index >= 15 is 0 Å². The smallest absolute Gasteiger partial charge is 0.375 e.